The zero-order chi connectivity index (χ0) is 35.1. The maximum atomic E-state index is 6.70. The first kappa shape index (κ1) is 30.9. The van der Waals surface area contributed by atoms with Crippen LogP contribution in [0.4, 0.5) is 0 Å². The van der Waals surface area contributed by atoms with Gasteiger partial charge < -0.3 is 4.42 Å². The molecule has 0 unspecified atom stereocenters. The van der Waals surface area contributed by atoms with E-state index in [1.54, 1.807) is 0 Å². The number of hydrogen-bond acceptors (Lipinski definition) is 4. The van der Waals surface area contributed by atoms with Gasteiger partial charge in [0.25, 0.3) is 0 Å². The Bertz CT molecular complexity index is 2700. The highest BCUT2D eigenvalue weighted by Crippen LogP contribution is 2.42. The van der Waals surface area contributed by atoms with Gasteiger partial charge in [-0.25, -0.2) is 15.0 Å². The predicted octanol–water partition coefficient (Wildman–Crippen LogP) is 12.7. The molecule has 0 spiro atoms. The van der Waals surface area contributed by atoms with Crippen LogP contribution in [-0.4, -0.2) is 15.0 Å². The first-order chi connectivity index (χ1) is 26.2. The molecule has 250 valence electrons. The summed E-state index contributed by atoms with van der Waals surface area (Å²) in [6.07, 6.45) is 6.57. The lowest BCUT2D eigenvalue weighted by atomic mass is 9.92. The van der Waals surface area contributed by atoms with E-state index in [4.69, 9.17) is 19.4 Å². The minimum Gasteiger partial charge on any atom is -0.455 e. The van der Waals surface area contributed by atoms with E-state index in [-0.39, 0.29) is 0 Å². The van der Waals surface area contributed by atoms with E-state index in [0.717, 1.165) is 73.7 Å². The topological polar surface area (TPSA) is 51.8 Å². The Kier molecular flexibility index (Phi) is 7.58. The summed E-state index contributed by atoms with van der Waals surface area (Å²) in [5.41, 5.74) is 13.9. The largest absolute Gasteiger partial charge is 0.455 e. The molecule has 0 radical (unpaired) electrons. The molecule has 53 heavy (non-hydrogen) atoms. The zero-order valence-corrected chi connectivity index (χ0v) is 28.9. The summed E-state index contributed by atoms with van der Waals surface area (Å²) in [5, 5.41) is 2.03. The normalized spacial score (nSPS) is 12.3. The first-order valence-corrected chi connectivity index (χ1v) is 18.1. The van der Waals surface area contributed by atoms with Crippen LogP contribution in [-0.2, 0) is 6.42 Å². The van der Waals surface area contributed by atoms with Crippen molar-refractivity contribution < 1.29 is 4.42 Å². The van der Waals surface area contributed by atoms with Gasteiger partial charge in [-0.15, -0.1) is 0 Å². The molecule has 4 heteroatoms. The Balaban J connectivity index is 1.15. The van der Waals surface area contributed by atoms with Crippen LogP contribution in [0, 0.1) is 0 Å². The molecule has 1 aliphatic carbocycles. The fourth-order valence-corrected chi connectivity index (χ4v) is 7.48. The van der Waals surface area contributed by atoms with Crippen LogP contribution in [0.5, 0.6) is 0 Å². The van der Waals surface area contributed by atoms with Gasteiger partial charge in [0.1, 0.15) is 11.2 Å². The molecular weight excluding hydrogens is 647 g/mol. The fourth-order valence-electron chi connectivity index (χ4n) is 7.48. The van der Waals surface area contributed by atoms with Crippen molar-refractivity contribution in [3.05, 3.63) is 181 Å². The van der Waals surface area contributed by atoms with Gasteiger partial charge in [0, 0.05) is 33.0 Å². The Morgan fingerprint density at radius 1 is 0.434 bits per heavy atom. The Morgan fingerprint density at radius 3 is 1.62 bits per heavy atom. The van der Waals surface area contributed by atoms with E-state index in [9.17, 15) is 0 Å². The lowest BCUT2D eigenvalue weighted by molar-refractivity contribution is 0.670. The van der Waals surface area contributed by atoms with E-state index in [1.807, 2.05) is 24.3 Å². The third-order valence-corrected chi connectivity index (χ3v) is 10.2. The third kappa shape index (κ3) is 5.71. The summed E-state index contributed by atoms with van der Waals surface area (Å²) in [6.45, 7) is 0. The lowest BCUT2D eigenvalue weighted by Gasteiger charge is -2.14. The quantitative estimate of drug-likeness (QED) is 0.175. The average molecular weight is 680 g/mol. The summed E-state index contributed by atoms with van der Waals surface area (Å²) in [5.74, 6) is 1.83. The van der Waals surface area contributed by atoms with Gasteiger partial charge in [-0.2, -0.15) is 0 Å². The minimum absolute atomic E-state index is 0.600. The van der Waals surface area contributed by atoms with Gasteiger partial charge in [-0.3, -0.25) is 0 Å². The van der Waals surface area contributed by atoms with Crippen molar-refractivity contribution in [2.45, 2.75) is 12.8 Å². The number of fused-ring (bicyclic) bond motifs is 4. The predicted molar refractivity (Wildman–Crippen MR) is 217 cm³/mol. The van der Waals surface area contributed by atoms with Crippen LogP contribution >= 0.6 is 0 Å². The number of aromatic nitrogens is 3. The van der Waals surface area contributed by atoms with E-state index in [1.165, 1.54) is 22.3 Å². The molecule has 0 amide bonds. The van der Waals surface area contributed by atoms with E-state index in [2.05, 4.69) is 152 Å². The summed E-state index contributed by atoms with van der Waals surface area (Å²) in [7, 11) is 0. The van der Waals surface area contributed by atoms with Gasteiger partial charge in [0.2, 0.25) is 0 Å². The second-order valence-corrected chi connectivity index (χ2v) is 13.5. The number of para-hydroxylation sites is 1. The van der Waals surface area contributed by atoms with Crippen LogP contribution in [0.25, 0.3) is 95.6 Å². The molecule has 4 nitrogen and oxygen atoms in total. The fraction of sp³-hybridized carbons (Fsp3) is 0.0408. The molecular formula is C49H33N3O. The smallest absolute Gasteiger partial charge is 0.164 e. The molecule has 0 atom stereocenters. The molecule has 2 aromatic heterocycles. The molecule has 0 fully saturated rings. The molecule has 1 aliphatic rings. The Morgan fingerprint density at radius 2 is 0.962 bits per heavy atom. The number of nitrogens with zero attached hydrogens (tertiary/aromatic N) is 3. The number of benzene rings is 7. The highest BCUT2D eigenvalue weighted by atomic mass is 16.3. The van der Waals surface area contributed by atoms with Gasteiger partial charge in [-0.05, 0) is 70.0 Å². The number of rotatable bonds is 6. The zero-order valence-electron chi connectivity index (χ0n) is 28.9. The molecule has 0 bridgehead atoms. The standard InChI is InChI=1S/C49H33N3O/c1-3-11-32(12-4-1)35-19-24-37(25-20-35)47-50-48(38-26-21-36(22-27-38)33-13-5-2-6-14-33)52-49(51-47)43-30-29-41(40-28-23-34-15-7-8-16-39(34)31-40)46-45(43)42-17-9-10-18-44(42)53-46/h1-7,9-15,17-31H,8,16H2. The second-order valence-electron chi connectivity index (χ2n) is 13.5. The van der Waals surface area contributed by atoms with Gasteiger partial charge in [0.15, 0.2) is 17.5 Å². The van der Waals surface area contributed by atoms with Gasteiger partial charge in [-0.1, -0.05) is 158 Å². The molecule has 9 aromatic rings. The molecule has 0 saturated carbocycles. The second kappa shape index (κ2) is 13.0. The molecule has 0 N–H and O–H groups in total. The summed E-state index contributed by atoms with van der Waals surface area (Å²) >= 11 is 0. The molecule has 10 rings (SSSR count). The van der Waals surface area contributed by atoms with Crippen LogP contribution in [0.1, 0.15) is 17.5 Å². The summed E-state index contributed by atoms with van der Waals surface area (Å²) < 4.78 is 6.70. The van der Waals surface area contributed by atoms with Crippen molar-refractivity contribution in [1.29, 1.82) is 0 Å². The van der Waals surface area contributed by atoms with Crippen molar-refractivity contribution in [2.75, 3.05) is 0 Å². The number of allylic oxidation sites excluding steroid dienone is 1. The number of aryl methyl sites for hydroxylation is 1. The van der Waals surface area contributed by atoms with Crippen LogP contribution in [0.3, 0.4) is 0 Å². The minimum atomic E-state index is 0.600. The average Bonchev–Trinajstić information content (AvgIpc) is 3.64. The first-order valence-electron chi connectivity index (χ1n) is 18.1. The maximum Gasteiger partial charge on any atom is 0.164 e. The molecule has 7 aromatic carbocycles. The Hall–Kier alpha value is -6.91. The van der Waals surface area contributed by atoms with Crippen LogP contribution in [0.2, 0.25) is 0 Å². The molecule has 0 saturated heterocycles. The van der Waals surface area contributed by atoms with Crippen molar-refractivity contribution in [3.8, 4) is 67.5 Å². The van der Waals surface area contributed by atoms with Gasteiger partial charge >= 0.3 is 0 Å². The summed E-state index contributed by atoms with van der Waals surface area (Å²) in [6, 6.07) is 57.0. The highest BCUT2D eigenvalue weighted by molar-refractivity contribution is 6.15. The van der Waals surface area contributed by atoms with E-state index in [0.29, 0.717) is 17.5 Å². The Labute approximate surface area is 307 Å². The third-order valence-electron chi connectivity index (χ3n) is 10.2. The van der Waals surface area contributed by atoms with E-state index >= 15 is 0 Å². The highest BCUT2D eigenvalue weighted by Gasteiger charge is 2.21. The lowest BCUT2D eigenvalue weighted by Crippen LogP contribution is -2.01. The SMILES string of the molecule is C1=Cc2ccc(-c3ccc(-c4nc(-c5ccc(-c6ccccc6)cc5)nc(-c5ccc(-c6ccccc6)cc5)n4)c4c3oc3ccccc34)cc2CC1. The summed E-state index contributed by atoms with van der Waals surface area (Å²) in [4.78, 5) is 15.5. The van der Waals surface area contributed by atoms with Crippen molar-refractivity contribution in [3.63, 3.8) is 0 Å². The van der Waals surface area contributed by atoms with Crippen LogP contribution in [0.15, 0.2) is 174 Å². The molecule has 0 aliphatic heterocycles. The maximum absolute atomic E-state index is 6.70. The van der Waals surface area contributed by atoms with Crippen LogP contribution < -0.4 is 0 Å². The van der Waals surface area contributed by atoms with Gasteiger partial charge in [0.05, 0.1) is 0 Å². The molecule has 2 heterocycles. The van der Waals surface area contributed by atoms with Crippen molar-refractivity contribution in [2.24, 2.45) is 0 Å². The monoisotopic (exact) mass is 679 g/mol. The number of furan rings is 1. The van der Waals surface area contributed by atoms with E-state index < -0.39 is 0 Å². The number of hydrogen-bond donors (Lipinski definition) is 0. The van der Waals surface area contributed by atoms with Crippen molar-refractivity contribution in [1.82, 2.24) is 15.0 Å². The van der Waals surface area contributed by atoms with Crippen molar-refractivity contribution >= 4 is 28.0 Å².